The van der Waals surface area contributed by atoms with Gasteiger partial charge >= 0.3 is 8.25 Å². The summed E-state index contributed by atoms with van der Waals surface area (Å²) in [5.41, 5.74) is 0. The number of rotatable bonds is 6. The highest BCUT2D eigenvalue weighted by Gasteiger charge is 1.93. The fourth-order valence-electron chi connectivity index (χ4n) is 0.892. The van der Waals surface area contributed by atoms with Crippen molar-refractivity contribution in [3.8, 4) is 0 Å². The molecule has 0 saturated heterocycles. The van der Waals surface area contributed by atoms with Gasteiger partial charge in [-0.1, -0.05) is 39.0 Å². The van der Waals surface area contributed by atoms with Gasteiger partial charge in [-0.15, -0.1) is 9.79 Å². The summed E-state index contributed by atoms with van der Waals surface area (Å²) >= 11 is 0. The smallest absolute Gasteiger partial charge is 0.396 e. The highest BCUT2D eigenvalue weighted by molar-refractivity contribution is 7.30. The molecule has 80 valence electrons. The lowest BCUT2D eigenvalue weighted by Crippen LogP contribution is -1.82. The Balaban J connectivity index is 0. The molecular weight excluding hydrogens is 191 g/mol. The Labute approximate surface area is 80.6 Å². The summed E-state index contributed by atoms with van der Waals surface area (Å²) in [5, 5.41) is 8.42. The van der Waals surface area contributed by atoms with Gasteiger partial charge < -0.3 is 5.11 Å². The summed E-state index contributed by atoms with van der Waals surface area (Å²) in [6, 6.07) is 0. The monoisotopic (exact) mass is 211 g/mol. The molecule has 0 aliphatic heterocycles. The minimum absolute atomic E-state index is 0.367. The molecule has 0 heterocycles. The van der Waals surface area contributed by atoms with E-state index in [2.05, 4.69) is 6.92 Å². The molecule has 0 rings (SSSR count). The van der Waals surface area contributed by atoms with E-state index in [0.29, 0.717) is 6.61 Å². The molecule has 0 aliphatic rings. The van der Waals surface area contributed by atoms with E-state index < -0.39 is 8.25 Å². The third-order valence-electron chi connectivity index (χ3n) is 1.51. The molecule has 0 atom stereocenters. The number of hydrogen-bond acceptors (Lipinski definition) is 2. The van der Waals surface area contributed by atoms with E-state index in [9.17, 15) is 0 Å². The Hall–Kier alpha value is -0.0200. The second-order valence-corrected chi connectivity index (χ2v) is 3.25. The number of hydrogen-bond donors (Lipinski definition) is 3. The molecule has 0 unspecified atom stereocenters. The van der Waals surface area contributed by atoms with Gasteiger partial charge in [0.2, 0.25) is 0 Å². The minimum Gasteiger partial charge on any atom is -0.396 e. The summed E-state index contributed by atoms with van der Waals surface area (Å²) < 4.78 is 8.70. The van der Waals surface area contributed by atoms with Gasteiger partial charge in [-0.05, 0) is 6.42 Å². The van der Waals surface area contributed by atoms with Crippen molar-refractivity contribution in [3.05, 3.63) is 0 Å². The Morgan fingerprint density at radius 1 is 1.00 bits per heavy atom. The Kier molecular flexibility index (Phi) is 17.2. The summed E-state index contributed by atoms with van der Waals surface area (Å²) in [6.07, 6.45) is 7.50. The Morgan fingerprint density at radius 3 is 1.77 bits per heavy atom. The van der Waals surface area contributed by atoms with Crippen molar-refractivity contribution in [3.63, 3.8) is 0 Å². The highest BCUT2D eigenvalue weighted by atomic mass is 31.1. The van der Waals surface area contributed by atoms with Gasteiger partial charge in [0.15, 0.2) is 0 Å². The normalized spacial score (nSPS) is 8.92. The molecule has 0 radical (unpaired) electrons. The van der Waals surface area contributed by atoms with Gasteiger partial charge in [-0.2, -0.15) is 0 Å². The highest BCUT2D eigenvalue weighted by Crippen LogP contribution is 2.03. The van der Waals surface area contributed by atoms with E-state index >= 15 is 0 Å². The molecule has 4 nitrogen and oxygen atoms in total. The lowest BCUT2D eigenvalue weighted by atomic mass is 10.1. The van der Waals surface area contributed by atoms with Crippen molar-refractivity contribution in [1.82, 2.24) is 0 Å². The van der Waals surface area contributed by atoms with Crippen LogP contribution in [0.1, 0.15) is 45.4 Å². The van der Waals surface area contributed by atoms with Crippen molar-refractivity contribution < 1.29 is 19.5 Å². The maximum atomic E-state index is 8.70. The third kappa shape index (κ3) is 33.4. The van der Waals surface area contributed by atoms with Crippen LogP contribution in [0.15, 0.2) is 0 Å². The second-order valence-electron chi connectivity index (χ2n) is 2.74. The quantitative estimate of drug-likeness (QED) is 0.463. The fourth-order valence-corrected chi connectivity index (χ4v) is 0.892. The molecule has 0 saturated carbocycles. The Morgan fingerprint density at radius 2 is 1.38 bits per heavy atom. The molecule has 0 spiro atoms. The van der Waals surface area contributed by atoms with Gasteiger partial charge in [0, 0.05) is 11.2 Å². The molecule has 0 aromatic rings. The molecular formula is C8H20O4P+. The first kappa shape index (κ1) is 15.5. The molecule has 0 aliphatic carbocycles. The molecule has 3 N–H and O–H groups in total. The zero-order chi connectivity index (χ0) is 10.5. The van der Waals surface area contributed by atoms with Crippen molar-refractivity contribution in [2.45, 2.75) is 45.4 Å². The van der Waals surface area contributed by atoms with Crippen LogP contribution in [0, 0.1) is 0 Å². The van der Waals surface area contributed by atoms with Gasteiger partial charge in [0.1, 0.15) is 0 Å². The summed E-state index contributed by atoms with van der Waals surface area (Å²) in [5.74, 6) is 0. The van der Waals surface area contributed by atoms with Crippen LogP contribution in [0.3, 0.4) is 0 Å². The van der Waals surface area contributed by atoms with Crippen molar-refractivity contribution in [2.75, 3.05) is 6.61 Å². The van der Waals surface area contributed by atoms with Crippen LogP contribution in [0.25, 0.3) is 0 Å². The van der Waals surface area contributed by atoms with E-state index in [4.69, 9.17) is 19.5 Å². The standard InChI is InChI=1S/C8H18O.HO3P/c1-2-3-4-5-6-7-8-9;1-4(2)3/h9H,2-8H2,1H3;(H-,1,2,3)/p+1. The van der Waals surface area contributed by atoms with E-state index in [1.54, 1.807) is 0 Å². The zero-order valence-electron chi connectivity index (χ0n) is 8.15. The number of unbranched alkanes of at least 4 members (excludes halogenated alkanes) is 5. The van der Waals surface area contributed by atoms with E-state index in [1.807, 2.05) is 0 Å². The number of aliphatic hydroxyl groups excluding tert-OH is 1. The lowest BCUT2D eigenvalue weighted by Gasteiger charge is -1.95. The van der Waals surface area contributed by atoms with Crippen LogP contribution >= 0.6 is 8.25 Å². The topological polar surface area (TPSA) is 77.8 Å². The molecule has 0 bridgehead atoms. The maximum absolute atomic E-state index is 8.70. The zero-order valence-corrected chi connectivity index (χ0v) is 9.04. The van der Waals surface area contributed by atoms with E-state index in [0.717, 1.165) is 6.42 Å². The molecule has 0 fully saturated rings. The van der Waals surface area contributed by atoms with E-state index in [1.165, 1.54) is 32.1 Å². The number of aliphatic hydroxyl groups is 1. The first-order valence-electron chi connectivity index (χ1n) is 4.61. The second kappa shape index (κ2) is 14.5. The minimum atomic E-state index is -2.87. The van der Waals surface area contributed by atoms with Crippen LogP contribution in [0.4, 0.5) is 0 Å². The average Bonchev–Trinajstić information content (AvgIpc) is 2.03. The van der Waals surface area contributed by atoms with Crippen molar-refractivity contribution >= 4 is 8.25 Å². The van der Waals surface area contributed by atoms with Crippen LogP contribution in [0.2, 0.25) is 0 Å². The van der Waals surface area contributed by atoms with Gasteiger partial charge in [0.25, 0.3) is 0 Å². The van der Waals surface area contributed by atoms with Crippen LogP contribution in [-0.2, 0) is 4.57 Å². The third-order valence-corrected chi connectivity index (χ3v) is 1.51. The first-order valence-corrected chi connectivity index (χ1v) is 5.77. The predicted molar refractivity (Wildman–Crippen MR) is 52.5 cm³/mol. The molecule has 0 aromatic heterocycles. The summed E-state index contributed by atoms with van der Waals surface area (Å²) in [7, 11) is -2.87. The average molecular weight is 211 g/mol. The molecule has 0 amide bonds. The lowest BCUT2D eigenvalue weighted by molar-refractivity contribution is 0.282. The van der Waals surface area contributed by atoms with Gasteiger partial charge in [0.05, 0.1) is 0 Å². The molecule has 0 aromatic carbocycles. The first-order chi connectivity index (χ1) is 6.15. The van der Waals surface area contributed by atoms with Crippen LogP contribution in [-0.4, -0.2) is 21.5 Å². The predicted octanol–water partition coefficient (Wildman–Crippen LogP) is 1.97. The summed E-state index contributed by atoms with van der Waals surface area (Å²) in [4.78, 5) is 14.2. The van der Waals surface area contributed by atoms with E-state index in [-0.39, 0.29) is 0 Å². The maximum Gasteiger partial charge on any atom is 0.692 e. The Bertz CT molecular complexity index is 98.3. The molecule has 5 heteroatoms. The SMILES string of the molecule is CCCCCCCCO.O=[P+](O)O. The summed E-state index contributed by atoms with van der Waals surface area (Å²) in [6.45, 7) is 2.58. The van der Waals surface area contributed by atoms with Crippen molar-refractivity contribution in [1.29, 1.82) is 0 Å². The fraction of sp³-hybridized carbons (Fsp3) is 1.00. The van der Waals surface area contributed by atoms with Gasteiger partial charge in [-0.25, -0.2) is 0 Å². The largest absolute Gasteiger partial charge is 0.692 e. The van der Waals surface area contributed by atoms with Crippen LogP contribution in [0.5, 0.6) is 0 Å². The van der Waals surface area contributed by atoms with Crippen molar-refractivity contribution in [2.24, 2.45) is 0 Å². The van der Waals surface area contributed by atoms with Crippen LogP contribution < -0.4 is 0 Å². The molecule has 13 heavy (non-hydrogen) atoms. The van der Waals surface area contributed by atoms with Gasteiger partial charge in [-0.3, -0.25) is 0 Å².